The molecule has 2 saturated heterocycles. The van der Waals surface area contributed by atoms with E-state index in [0.717, 1.165) is 26.2 Å². The van der Waals surface area contributed by atoms with Crippen molar-refractivity contribution < 1.29 is 5.11 Å². The van der Waals surface area contributed by atoms with Crippen LogP contribution in [0.1, 0.15) is 74.6 Å². The van der Waals surface area contributed by atoms with Gasteiger partial charge in [0.25, 0.3) is 0 Å². The lowest BCUT2D eigenvalue weighted by molar-refractivity contribution is 0.173. The largest absolute Gasteiger partial charge is 0.392 e. The summed E-state index contributed by atoms with van der Waals surface area (Å²) in [6, 6.07) is 14.0. The quantitative estimate of drug-likeness (QED) is 0.795. The fraction of sp³-hybridized carbons (Fsp3) is 0.538. The van der Waals surface area contributed by atoms with Gasteiger partial charge in [-0.05, 0) is 79.1 Å². The third kappa shape index (κ3) is 3.06. The number of nitrogens with zero attached hydrogens (tertiary/aromatic N) is 2. The standard InChI is InChI=1S/C26H34N2O/c1-18(29)25-21-10-8-19(27-12-4-5-13-27)16-23(21)26(2,3)24-17-20(9-11-22(24)25)28-14-6-7-15-28/h8-11,16-18,25,29H,4-7,12-15H2,1-3H3. The number of anilines is 2. The average molecular weight is 391 g/mol. The predicted octanol–water partition coefficient (Wildman–Crippen LogP) is 5.04. The highest BCUT2D eigenvalue weighted by Gasteiger charge is 2.40. The number of benzene rings is 2. The van der Waals surface area contributed by atoms with Crippen molar-refractivity contribution >= 4 is 11.4 Å². The second-order valence-electron chi connectivity index (χ2n) is 9.77. The molecule has 2 heterocycles. The van der Waals surface area contributed by atoms with Crippen LogP contribution >= 0.6 is 0 Å². The van der Waals surface area contributed by atoms with E-state index in [4.69, 9.17) is 0 Å². The van der Waals surface area contributed by atoms with E-state index in [0.29, 0.717) is 0 Å². The van der Waals surface area contributed by atoms with Crippen LogP contribution in [0, 0.1) is 0 Å². The molecule has 0 bridgehead atoms. The number of aliphatic hydroxyl groups is 1. The minimum Gasteiger partial charge on any atom is -0.392 e. The average Bonchev–Trinajstić information content (AvgIpc) is 3.42. The van der Waals surface area contributed by atoms with Crippen LogP contribution in [0.15, 0.2) is 36.4 Å². The first-order chi connectivity index (χ1) is 14.0. The Balaban J connectivity index is 1.64. The smallest absolute Gasteiger partial charge is 0.0621 e. The molecule has 2 aromatic rings. The van der Waals surface area contributed by atoms with Crippen LogP contribution in [-0.2, 0) is 5.41 Å². The van der Waals surface area contributed by atoms with E-state index in [2.05, 4.69) is 60.0 Å². The molecule has 2 fully saturated rings. The number of rotatable bonds is 3. The molecule has 0 aromatic heterocycles. The molecule has 1 unspecified atom stereocenters. The van der Waals surface area contributed by atoms with Crippen molar-refractivity contribution in [2.75, 3.05) is 36.0 Å². The van der Waals surface area contributed by atoms with Crippen LogP contribution in [0.4, 0.5) is 11.4 Å². The Morgan fingerprint density at radius 2 is 1.21 bits per heavy atom. The fourth-order valence-corrected chi connectivity index (χ4v) is 5.89. The Bertz CT molecular complexity index is 835. The number of fused-ring (bicyclic) bond motifs is 2. The number of hydrogen-bond acceptors (Lipinski definition) is 3. The van der Waals surface area contributed by atoms with Gasteiger partial charge in [-0.3, -0.25) is 0 Å². The van der Waals surface area contributed by atoms with Crippen molar-refractivity contribution in [1.29, 1.82) is 0 Å². The maximum Gasteiger partial charge on any atom is 0.0621 e. The van der Waals surface area contributed by atoms with Gasteiger partial charge in [-0.15, -0.1) is 0 Å². The Morgan fingerprint density at radius 3 is 1.59 bits per heavy atom. The zero-order chi connectivity index (χ0) is 20.2. The molecule has 3 heteroatoms. The molecule has 0 saturated carbocycles. The van der Waals surface area contributed by atoms with Crippen molar-refractivity contribution in [3.05, 3.63) is 58.7 Å². The summed E-state index contributed by atoms with van der Waals surface area (Å²) in [5.74, 6) is 0.0493. The summed E-state index contributed by atoms with van der Waals surface area (Å²) < 4.78 is 0. The van der Waals surface area contributed by atoms with Gasteiger partial charge >= 0.3 is 0 Å². The third-order valence-electron chi connectivity index (χ3n) is 7.52. The van der Waals surface area contributed by atoms with E-state index in [1.54, 1.807) is 0 Å². The zero-order valence-corrected chi connectivity index (χ0v) is 18.1. The van der Waals surface area contributed by atoms with Crippen LogP contribution < -0.4 is 9.80 Å². The van der Waals surface area contributed by atoms with Crippen molar-refractivity contribution in [2.45, 2.75) is 63.9 Å². The molecular weight excluding hydrogens is 356 g/mol. The second-order valence-corrected chi connectivity index (χ2v) is 9.77. The normalized spacial score (nSPS) is 21.9. The van der Waals surface area contributed by atoms with Crippen LogP contribution in [0.2, 0.25) is 0 Å². The monoisotopic (exact) mass is 390 g/mol. The van der Waals surface area contributed by atoms with Crippen molar-refractivity contribution in [2.24, 2.45) is 0 Å². The molecule has 2 aromatic carbocycles. The zero-order valence-electron chi connectivity index (χ0n) is 18.1. The Morgan fingerprint density at radius 1 is 0.793 bits per heavy atom. The summed E-state index contributed by atoms with van der Waals surface area (Å²) in [5.41, 5.74) is 8.00. The Labute approximate surface area is 175 Å². The molecular formula is C26H34N2O. The molecule has 0 spiro atoms. The molecule has 3 aliphatic rings. The van der Waals surface area contributed by atoms with Gasteiger partial charge in [0.1, 0.15) is 0 Å². The molecule has 2 aliphatic heterocycles. The Hall–Kier alpha value is -2.00. The first-order valence-electron chi connectivity index (χ1n) is 11.4. The highest BCUT2D eigenvalue weighted by atomic mass is 16.3. The summed E-state index contributed by atoms with van der Waals surface area (Å²) in [6.45, 7) is 11.3. The van der Waals surface area contributed by atoms with Crippen molar-refractivity contribution in [1.82, 2.24) is 0 Å². The number of aliphatic hydroxyl groups excluding tert-OH is 1. The Kier molecular flexibility index (Phi) is 4.62. The molecule has 0 amide bonds. The molecule has 1 N–H and O–H groups in total. The van der Waals surface area contributed by atoms with E-state index < -0.39 is 6.10 Å². The molecule has 0 radical (unpaired) electrons. The van der Waals surface area contributed by atoms with Crippen LogP contribution in [0.25, 0.3) is 0 Å². The van der Waals surface area contributed by atoms with Gasteiger partial charge in [0.15, 0.2) is 0 Å². The maximum absolute atomic E-state index is 10.8. The third-order valence-corrected chi connectivity index (χ3v) is 7.52. The summed E-state index contributed by atoms with van der Waals surface area (Å²) in [7, 11) is 0. The number of hydrogen-bond donors (Lipinski definition) is 1. The van der Waals surface area contributed by atoms with Crippen LogP contribution in [0.5, 0.6) is 0 Å². The molecule has 154 valence electrons. The summed E-state index contributed by atoms with van der Waals surface area (Å²) in [5, 5.41) is 10.8. The lowest BCUT2D eigenvalue weighted by Crippen LogP contribution is -2.34. The highest BCUT2D eigenvalue weighted by molar-refractivity contribution is 5.65. The van der Waals surface area contributed by atoms with Gasteiger partial charge in [0.2, 0.25) is 0 Å². The summed E-state index contributed by atoms with van der Waals surface area (Å²) in [4.78, 5) is 5.04. The molecule has 1 atom stereocenters. The molecule has 29 heavy (non-hydrogen) atoms. The van der Waals surface area contributed by atoms with E-state index in [1.807, 2.05) is 6.92 Å². The SMILES string of the molecule is CC(O)C1c2ccc(N3CCCC3)cc2C(C)(C)c2cc(N3CCCC3)ccc21. The summed E-state index contributed by atoms with van der Waals surface area (Å²) in [6.07, 6.45) is 4.76. The van der Waals surface area contributed by atoms with Gasteiger partial charge in [-0.1, -0.05) is 26.0 Å². The maximum atomic E-state index is 10.8. The first kappa shape index (κ1) is 19.0. The lowest BCUT2D eigenvalue weighted by Gasteiger charge is -2.41. The molecule has 5 rings (SSSR count). The second kappa shape index (κ2) is 7.05. The van der Waals surface area contributed by atoms with Gasteiger partial charge in [-0.25, -0.2) is 0 Å². The van der Waals surface area contributed by atoms with Crippen LogP contribution in [0.3, 0.4) is 0 Å². The van der Waals surface area contributed by atoms with E-state index in [-0.39, 0.29) is 11.3 Å². The molecule has 3 nitrogen and oxygen atoms in total. The minimum absolute atomic E-state index is 0.0493. The predicted molar refractivity (Wildman–Crippen MR) is 121 cm³/mol. The minimum atomic E-state index is -0.404. The summed E-state index contributed by atoms with van der Waals surface area (Å²) >= 11 is 0. The topological polar surface area (TPSA) is 26.7 Å². The van der Waals surface area contributed by atoms with Crippen molar-refractivity contribution in [3.8, 4) is 0 Å². The van der Waals surface area contributed by atoms with E-state index in [9.17, 15) is 5.11 Å². The van der Waals surface area contributed by atoms with E-state index >= 15 is 0 Å². The highest BCUT2D eigenvalue weighted by Crippen LogP contribution is 2.50. The first-order valence-corrected chi connectivity index (χ1v) is 11.4. The van der Waals surface area contributed by atoms with Crippen molar-refractivity contribution in [3.63, 3.8) is 0 Å². The van der Waals surface area contributed by atoms with Gasteiger partial charge in [-0.2, -0.15) is 0 Å². The van der Waals surface area contributed by atoms with Crippen LogP contribution in [-0.4, -0.2) is 37.4 Å². The van der Waals surface area contributed by atoms with Gasteiger partial charge in [0.05, 0.1) is 6.10 Å². The van der Waals surface area contributed by atoms with Gasteiger partial charge < -0.3 is 14.9 Å². The fourth-order valence-electron chi connectivity index (χ4n) is 5.89. The van der Waals surface area contributed by atoms with Gasteiger partial charge in [0, 0.05) is 48.9 Å². The van der Waals surface area contributed by atoms with E-state index in [1.165, 1.54) is 59.3 Å². The molecule has 1 aliphatic carbocycles. The lowest BCUT2D eigenvalue weighted by atomic mass is 9.64.